The number of amides is 1. The number of nitrogens with one attached hydrogen (secondary N) is 1. The van der Waals surface area contributed by atoms with Crippen LogP contribution in [0.1, 0.15) is 48.3 Å². The van der Waals surface area contributed by atoms with Crippen molar-refractivity contribution in [1.29, 1.82) is 0 Å². The first kappa shape index (κ1) is 16.5. The molecule has 0 aliphatic heterocycles. The fourth-order valence-electron chi connectivity index (χ4n) is 2.33. The summed E-state index contributed by atoms with van der Waals surface area (Å²) < 4.78 is 0. The molecule has 116 valence electrons. The Labute approximate surface area is 136 Å². The normalized spacial score (nSPS) is 12.2. The van der Waals surface area contributed by atoms with Gasteiger partial charge in [-0.2, -0.15) is 0 Å². The lowest BCUT2D eigenvalue weighted by molar-refractivity contribution is 0.0925. The molecule has 2 rings (SSSR count). The van der Waals surface area contributed by atoms with E-state index in [9.17, 15) is 4.79 Å². The molecule has 0 bridgehead atoms. The summed E-state index contributed by atoms with van der Waals surface area (Å²) in [5.41, 5.74) is 2.92. The number of hydrogen-bond donors (Lipinski definition) is 1. The monoisotopic (exact) mass is 316 g/mol. The van der Waals surface area contributed by atoms with Crippen LogP contribution in [0, 0.1) is 5.92 Å². The first-order valence-corrected chi connectivity index (χ1v) is 7.90. The lowest BCUT2D eigenvalue weighted by Gasteiger charge is -2.23. The van der Waals surface area contributed by atoms with Crippen molar-refractivity contribution in [3.05, 3.63) is 64.4 Å². The van der Waals surface area contributed by atoms with E-state index in [1.165, 1.54) is 11.8 Å². The summed E-state index contributed by atoms with van der Waals surface area (Å²) in [6.45, 7) is 6.32. The number of nitrogens with zero attached hydrogens (tertiary/aromatic N) is 1. The molecule has 3 nitrogen and oxygen atoms in total. The van der Waals surface area contributed by atoms with E-state index < -0.39 is 0 Å². The zero-order chi connectivity index (χ0) is 16.1. The van der Waals surface area contributed by atoms with Crippen LogP contribution < -0.4 is 5.32 Å². The Hall–Kier alpha value is -1.87. The van der Waals surface area contributed by atoms with Gasteiger partial charge >= 0.3 is 0 Å². The summed E-state index contributed by atoms with van der Waals surface area (Å²) in [7, 11) is 0. The van der Waals surface area contributed by atoms with Crippen molar-refractivity contribution in [3.8, 4) is 0 Å². The van der Waals surface area contributed by atoms with Crippen LogP contribution in [0.4, 0.5) is 0 Å². The van der Waals surface area contributed by atoms with Gasteiger partial charge < -0.3 is 5.32 Å². The molecule has 0 aliphatic carbocycles. The van der Waals surface area contributed by atoms with E-state index in [4.69, 9.17) is 11.6 Å². The van der Waals surface area contributed by atoms with Crippen molar-refractivity contribution < 1.29 is 4.79 Å². The molecule has 2 aromatic rings. The van der Waals surface area contributed by atoms with Gasteiger partial charge in [-0.15, -0.1) is 0 Å². The number of rotatable bonds is 5. The number of hydrogen-bond acceptors (Lipinski definition) is 2. The van der Waals surface area contributed by atoms with Crippen molar-refractivity contribution in [2.75, 3.05) is 0 Å². The molecular weight excluding hydrogens is 296 g/mol. The Morgan fingerprint density at radius 1 is 1.18 bits per heavy atom. The van der Waals surface area contributed by atoms with E-state index in [1.54, 1.807) is 12.1 Å². The number of aromatic nitrogens is 1. The summed E-state index contributed by atoms with van der Waals surface area (Å²) in [5, 5.41) is 3.47. The molecule has 1 aromatic carbocycles. The Balaban J connectivity index is 2.17. The minimum atomic E-state index is -0.137. The van der Waals surface area contributed by atoms with Crippen LogP contribution in [0.5, 0.6) is 0 Å². The summed E-state index contributed by atoms with van der Waals surface area (Å²) in [6.07, 6.45) is 2.50. The molecule has 1 N–H and O–H groups in total. The number of halogens is 1. The Bertz CT molecular complexity index is 621. The molecule has 1 heterocycles. The van der Waals surface area contributed by atoms with E-state index in [0.717, 1.165) is 12.0 Å². The zero-order valence-electron chi connectivity index (χ0n) is 13.1. The molecule has 1 atom stereocenters. The van der Waals surface area contributed by atoms with Gasteiger partial charge in [0.25, 0.3) is 5.91 Å². The van der Waals surface area contributed by atoms with Crippen LogP contribution in [0.15, 0.2) is 42.6 Å². The second kappa shape index (κ2) is 7.41. The lowest BCUT2D eigenvalue weighted by atomic mass is 9.94. The molecule has 0 fully saturated rings. The highest BCUT2D eigenvalue weighted by atomic mass is 35.5. The quantitative estimate of drug-likeness (QED) is 0.829. The van der Waals surface area contributed by atoms with Crippen molar-refractivity contribution in [3.63, 3.8) is 0 Å². The average Bonchev–Trinajstić information content (AvgIpc) is 2.53. The molecule has 4 heteroatoms. The number of aryl methyl sites for hydroxylation is 1. The van der Waals surface area contributed by atoms with Gasteiger partial charge in [-0.25, -0.2) is 4.98 Å². The van der Waals surface area contributed by atoms with Crippen molar-refractivity contribution in [1.82, 2.24) is 10.3 Å². The molecule has 0 spiro atoms. The van der Waals surface area contributed by atoms with Crippen LogP contribution in [-0.2, 0) is 6.42 Å². The SMILES string of the molecule is CCc1ccc(C(NC(=O)c2ccc(Cl)nc2)C(C)C)cc1. The third-order valence-corrected chi connectivity index (χ3v) is 3.91. The molecule has 1 amide bonds. The average molecular weight is 317 g/mol. The predicted octanol–water partition coefficient (Wildman–Crippen LogP) is 4.42. The van der Waals surface area contributed by atoms with E-state index in [-0.39, 0.29) is 17.9 Å². The van der Waals surface area contributed by atoms with E-state index in [0.29, 0.717) is 10.7 Å². The van der Waals surface area contributed by atoms with Crippen LogP contribution in [0.3, 0.4) is 0 Å². The van der Waals surface area contributed by atoms with Crippen molar-refractivity contribution in [2.24, 2.45) is 5.92 Å². The van der Waals surface area contributed by atoms with Crippen LogP contribution in [-0.4, -0.2) is 10.9 Å². The van der Waals surface area contributed by atoms with Crippen LogP contribution in [0.25, 0.3) is 0 Å². The molecule has 0 saturated carbocycles. The second-order valence-electron chi connectivity index (χ2n) is 5.66. The van der Waals surface area contributed by atoms with Gasteiger partial charge in [-0.3, -0.25) is 4.79 Å². The van der Waals surface area contributed by atoms with Gasteiger partial charge in [0, 0.05) is 6.20 Å². The Morgan fingerprint density at radius 2 is 1.86 bits per heavy atom. The topological polar surface area (TPSA) is 42.0 Å². The van der Waals surface area contributed by atoms with E-state index in [1.807, 2.05) is 0 Å². The summed E-state index contributed by atoms with van der Waals surface area (Å²) >= 11 is 5.75. The van der Waals surface area contributed by atoms with Crippen LogP contribution in [0.2, 0.25) is 5.15 Å². The predicted molar refractivity (Wildman–Crippen MR) is 90.1 cm³/mol. The smallest absolute Gasteiger partial charge is 0.253 e. The maximum absolute atomic E-state index is 12.4. The fourth-order valence-corrected chi connectivity index (χ4v) is 2.44. The minimum absolute atomic E-state index is 0.0333. The van der Waals surface area contributed by atoms with E-state index in [2.05, 4.69) is 55.3 Å². The fraction of sp³-hybridized carbons (Fsp3) is 0.333. The summed E-state index contributed by atoms with van der Waals surface area (Å²) in [6, 6.07) is 11.7. The maximum atomic E-state index is 12.4. The van der Waals surface area contributed by atoms with Crippen LogP contribution >= 0.6 is 11.6 Å². The third-order valence-electron chi connectivity index (χ3n) is 3.69. The standard InChI is InChI=1S/C18H21ClN2O/c1-4-13-5-7-14(8-6-13)17(12(2)3)21-18(22)15-9-10-16(19)20-11-15/h5-12,17H,4H2,1-3H3,(H,21,22). The third kappa shape index (κ3) is 4.08. The molecule has 1 unspecified atom stereocenters. The molecule has 1 aromatic heterocycles. The molecular formula is C18H21ClN2O. The Kier molecular flexibility index (Phi) is 5.56. The first-order valence-electron chi connectivity index (χ1n) is 7.52. The van der Waals surface area contributed by atoms with Gasteiger partial charge in [-0.1, -0.05) is 56.6 Å². The van der Waals surface area contributed by atoms with E-state index >= 15 is 0 Å². The van der Waals surface area contributed by atoms with Crippen molar-refractivity contribution >= 4 is 17.5 Å². The molecule has 0 saturated heterocycles. The van der Waals surface area contributed by atoms with Gasteiger partial charge in [-0.05, 0) is 35.6 Å². The number of carbonyl (C=O) groups excluding carboxylic acids is 1. The summed E-state index contributed by atoms with van der Waals surface area (Å²) in [5.74, 6) is 0.152. The van der Waals surface area contributed by atoms with Gasteiger partial charge in [0.05, 0.1) is 11.6 Å². The first-order chi connectivity index (χ1) is 10.5. The molecule has 22 heavy (non-hydrogen) atoms. The zero-order valence-corrected chi connectivity index (χ0v) is 13.9. The summed E-state index contributed by atoms with van der Waals surface area (Å²) in [4.78, 5) is 16.3. The lowest BCUT2D eigenvalue weighted by Crippen LogP contribution is -2.31. The Morgan fingerprint density at radius 3 is 2.36 bits per heavy atom. The minimum Gasteiger partial charge on any atom is -0.345 e. The molecule has 0 aliphatic rings. The molecule has 0 radical (unpaired) electrons. The highest BCUT2D eigenvalue weighted by molar-refractivity contribution is 6.29. The highest BCUT2D eigenvalue weighted by Crippen LogP contribution is 2.23. The largest absolute Gasteiger partial charge is 0.345 e. The maximum Gasteiger partial charge on any atom is 0.253 e. The van der Waals surface area contributed by atoms with Gasteiger partial charge in [0.2, 0.25) is 0 Å². The number of benzene rings is 1. The van der Waals surface area contributed by atoms with Crippen molar-refractivity contribution in [2.45, 2.75) is 33.2 Å². The second-order valence-corrected chi connectivity index (χ2v) is 6.05. The highest BCUT2D eigenvalue weighted by Gasteiger charge is 2.19. The number of pyridine rings is 1. The van der Waals surface area contributed by atoms with Gasteiger partial charge in [0.15, 0.2) is 0 Å². The number of carbonyl (C=O) groups is 1. The van der Waals surface area contributed by atoms with Gasteiger partial charge in [0.1, 0.15) is 5.15 Å².